The number of benzene rings is 1. The van der Waals surface area contributed by atoms with Crippen molar-refractivity contribution in [1.82, 2.24) is 15.1 Å². The zero-order chi connectivity index (χ0) is 15.5. The van der Waals surface area contributed by atoms with Crippen LogP contribution >= 0.6 is 0 Å². The first-order valence-electron chi connectivity index (χ1n) is 7.79. The van der Waals surface area contributed by atoms with E-state index in [0.717, 1.165) is 43.0 Å². The number of nitrogens with zero attached hydrogens (tertiary/aromatic N) is 2. The first kappa shape index (κ1) is 15.2. The van der Waals surface area contributed by atoms with Gasteiger partial charge in [0.05, 0.1) is 11.9 Å². The molecule has 1 N–H and O–H groups in total. The Bertz CT molecular complexity index is 635. The first-order chi connectivity index (χ1) is 10.6. The van der Waals surface area contributed by atoms with E-state index in [1.165, 1.54) is 12.1 Å². The Hall–Kier alpha value is -1.72. The molecular formula is C17H22FN3O. The molecule has 118 valence electrons. The molecule has 0 radical (unpaired) electrons. The van der Waals surface area contributed by atoms with Gasteiger partial charge in [0.15, 0.2) is 0 Å². The zero-order valence-corrected chi connectivity index (χ0v) is 13.1. The maximum atomic E-state index is 13.4. The van der Waals surface area contributed by atoms with Crippen molar-refractivity contribution in [1.29, 1.82) is 0 Å². The summed E-state index contributed by atoms with van der Waals surface area (Å²) in [5.41, 5.74) is 2.94. The fourth-order valence-corrected chi connectivity index (χ4v) is 3.02. The molecule has 5 heteroatoms. The van der Waals surface area contributed by atoms with E-state index >= 15 is 0 Å². The molecule has 1 aliphatic rings. The first-order valence-corrected chi connectivity index (χ1v) is 7.79. The Morgan fingerprint density at radius 2 is 2.14 bits per heavy atom. The smallest absolute Gasteiger partial charge is 0.125 e. The summed E-state index contributed by atoms with van der Waals surface area (Å²) in [4.78, 5) is 0. The fraction of sp³-hybridized carbons (Fsp3) is 0.471. The summed E-state index contributed by atoms with van der Waals surface area (Å²) < 4.78 is 20.6. The highest BCUT2D eigenvalue weighted by Gasteiger charge is 2.19. The van der Waals surface area contributed by atoms with Gasteiger partial charge in [-0.05, 0) is 44.9 Å². The third-order valence-corrected chi connectivity index (χ3v) is 4.27. The van der Waals surface area contributed by atoms with Gasteiger partial charge in [0.2, 0.25) is 0 Å². The van der Waals surface area contributed by atoms with Gasteiger partial charge in [-0.25, -0.2) is 9.07 Å². The van der Waals surface area contributed by atoms with E-state index in [0.29, 0.717) is 6.04 Å². The van der Waals surface area contributed by atoms with Gasteiger partial charge in [0, 0.05) is 36.6 Å². The van der Waals surface area contributed by atoms with Crippen molar-refractivity contribution < 1.29 is 9.13 Å². The summed E-state index contributed by atoms with van der Waals surface area (Å²) in [5, 5.41) is 8.07. The fourth-order valence-electron chi connectivity index (χ4n) is 3.02. The molecule has 22 heavy (non-hydrogen) atoms. The second-order valence-electron chi connectivity index (χ2n) is 5.85. The number of rotatable bonds is 4. The van der Waals surface area contributed by atoms with Crippen molar-refractivity contribution in [2.75, 3.05) is 13.2 Å². The zero-order valence-electron chi connectivity index (χ0n) is 13.1. The summed E-state index contributed by atoms with van der Waals surface area (Å²) in [6, 6.07) is 7.21. The monoisotopic (exact) mass is 303 g/mol. The largest absolute Gasteiger partial charge is 0.381 e. The molecule has 0 unspecified atom stereocenters. The van der Waals surface area contributed by atoms with Crippen LogP contribution in [0.2, 0.25) is 0 Å². The highest BCUT2D eigenvalue weighted by Crippen LogP contribution is 2.22. The molecular weight excluding hydrogens is 281 g/mol. The Morgan fingerprint density at radius 3 is 2.86 bits per heavy atom. The Labute approximate surface area is 130 Å². The van der Waals surface area contributed by atoms with Crippen molar-refractivity contribution in [3.63, 3.8) is 0 Å². The molecule has 3 rings (SSSR count). The van der Waals surface area contributed by atoms with E-state index in [9.17, 15) is 4.39 Å². The lowest BCUT2D eigenvalue weighted by molar-refractivity contribution is 0.0754. The van der Waals surface area contributed by atoms with Crippen molar-refractivity contribution in [2.24, 2.45) is 0 Å². The molecule has 0 bridgehead atoms. The van der Waals surface area contributed by atoms with E-state index in [4.69, 9.17) is 4.74 Å². The minimum Gasteiger partial charge on any atom is -0.381 e. The quantitative estimate of drug-likeness (QED) is 0.943. The summed E-state index contributed by atoms with van der Waals surface area (Å²) in [5.74, 6) is -0.248. The molecule has 2 aromatic rings. The van der Waals surface area contributed by atoms with Crippen molar-refractivity contribution >= 4 is 0 Å². The maximum Gasteiger partial charge on any atom is 0.125 e. The molecule has 0 spiro atoms. The lowest BCUT2D eigenvalue weighted by Crippen LogP contribution is -2.36. The number of hydrogen-bond acceptors (Lipinski definition) is 3. The highest BCUT2D eigenvalue weighted by molar-refractivity contribution is 5.35. The maximum absolute atomic E-state index is 13.4. The minimum atomic E-state index is -0.248. The van der Waals surface area contributed by atoms with Crippen LogP contribution in [0.4, 0.5) is 4.39 Å². The van der Waals surface area contributed by atoms with Crippen molar-refractivity contribution in [3.8, 4) is 5.69 Å². The van der Waals surface area contributed by atoms with Gasteiger partial charge in [0.1, 0.15) is 5.82 Å². The average Bonchev–Trinajstić information content (AvgIpc) is 2.90. The molecule has 2 heterocycles. The average molecular weight is 303 g/mol. The molecule has 0 aliphatic carbocycles. The van der Waals surface area contributed by atoms with E-state index in [2.05, 4.69) is 17.3 Å². The second kappa shape index (κ2) is 6.58. The van der Waals surface area contributed by atoms with Gasteiger partial charge in [-0.15, -0.1) is 0 Å². The molecule has 0 saturated carbocycles. The predicted octanol–water partition coefficient (Wildman–Crippen LogP) is 3.15. The third kappa shape index (κ3) is 3.20. The van der Waals surface area contributed by atoms with Crippen LogP contribution in [-0.2, 0) is 4.74 Å². The minimum absolute atomic E-state index is 0.213. The standard InChI is InChI=1S/C17H22FN3O/c1-12(20-15-6-8-22-9-7-15)17-11-19-21(13(17)2)16-5-3-4-14(18)10-16/h3-5,10-12,15,20H,6-9H2,1-2H3/t12-/m0/s1. The van der Waals surface area contributed by atoms with Crippen molar-refractivity contribution in [2.45, 2.75) is 38.8 Å². The molecule has 1 aliphatic heterocycles. The lowest BCUT2D eigenvalue weighted by atomic mass is 10.0. The number of aromatic nitrogens is 2. The van der Waals surface area contributed by atoms with Crippen LogP contribution in [-0.4, -0.2) is 29.0 Å². The van der Waals surface area contributed by atoms with Crippen LogP contribution in [0, 0.1) is 12.7 Å². The van der Waals surface area contributed by atoms with E-state index in [-0.39, 0.29) is 11.9 Å². The molecule has 1 aromatic carbocycles. The van der Waals surface area contributed by atoms with Gasteiger partial charge in [-0.2, -0.15) is 5.10 Å². The van der Waals surface area contributed by atoms with Gasteiger partial charge in [0.25, 0.3) is 0 Å². The Balaban J connectivity index is 1.77. The van der Waals surface area contributed by atoms with Gasteiger partial charge < -0.3 is 10.1 Å². The molecule has 1 saturated heterocycles. The number of ether oxygens (including phenoxy) is 1. The van der Waals surface area contributed by atoms with Crippen LogP contribution in [0.5, 0.6) is 0 Å². The normalized spacial score (nSPS) is 17.6. The molecule has 4 nitrogen and oxygen atoms in total. The second-order valence-corrected chi connectivity index (χ2v) is 5.85. The van der Waals surface area contributed by atoms with Gasteiger partial charge >= 0.3 is 0 Å². The van der Waals surface area contributed by atoms with Gasteiger partial charge in [-0.3, -0.25) is 0 Å². The highest BCUT2D eigenvalue weighted by atomic mass is 19.1. The Kier molecular flexibility index (Phi) is 4.55. The molecule has 1 aromatic heterocycles. The SMILES string of the molecule is Cc1c([C@H](C)NC2CCOCC2)cnn1-c1cccc(F)c1. The summed E-state index contributed by atoms with van der Waals surface area (Å²) >= 11 is 0. The summed E-state index contributed by atoms with van der Waals surface area (Å²) in [6.45, 7) is 5.82. The summed E-state index contributed by atoms with van der Waals surface area (Å²) in [6.07, 6.45) is 3.96. The number of halogens is 1. The molecule has 1 fully saturated rings. The number of hydrogen-bond donors (Lipinski definition) is 1. The topological polar surface area (TPSA) is 39.1 Å². The number of nitrogens with one attached hydrogen (secondary N) is 1. The van der Waals surface area contributed by atoms with E-state index in [1.807, 2.05) is 19.2 Å². The van der Waals surface area contributed by atoms with Crippen molar-refractivity contribution in [3.05, 3.63) is 47.5 Å². The molecule has 0 amide bonds. The molecule has 1 atom stereocenters. The van der Waals surface area contributed by atoms with Crippen LogP contribution < -0.4 is 5.32 Å². The lowest BCUT2D eigenvalue weighted by Gasteiger charge is -2.26. The third-order valence-electron chi connectivity index (χ3n) is 4.27. The van der Waals surface area contributed by atoms with Gasteiger partial charge in [-0.1, -0.05) is 6.07 Å². The van der Waals surface area contributed by atoms with Crippen LogP contribution in [0.15, 0.2) is 30.5 Å². The van der Waals surface area contributed by atoms with Crippen LogP contribution in [0.1, 0.15) is 37.1 Å². The van der Waals surface area contributed by atoms with E-state index in [1.54, 1.807) is 10.7 Å². The van der Waals surface area contributed by atoms with Crippen LogP contribution in [0.25, 0.3) is 5.69 Å². The van der Waals surface area contributed by atoms with E-state index < -0.39 is 0 Å². The van der Waals surface area contributed by atoms with Crippen LogP contribution in [0.3, 0.4) is 0 Å². The Morgan fingerprint density at radius 1 is 1.36 bits per heavy atom. The summed E-state index contributed by atoms with van der Waals surface area (Å²) in [7, 11) is 0. The predicted molar refractivity (Wildman–Crippen MR) is 83.7 cm³/mol.